The fraction of sp³-hybridized carbons (Fsp3) is 0.167. The number of sulfonamides is 1. The minimum absolute atomic E-state index is 0.0825. The fourth-order valence-electron chi connectivity index (χ4n) is 3.23. The van der Waals surface area contributed by atoms with Crippen LogP contribution < -0.4 is 9.46 Å². The molecule has 4 rings (SSSR count). The van der Waals surface area contributed by atoms with Gasteiger partial charge in [0.1, 0.15) is 11.6 Å². The number of H-pyrrole nitrogens is 1. The average molecular weight is 466 g/mol. The Morgan fingerprint density at radius 3 is 2.48 bits per heavy atom. The molecule has 1 heterocycles. The Bertz CT molecular complexity index is 1410. The second-order valence-electron chi connectivity index (χ2n) is 7.63. The molecule has 0 amide bonds. The molecule has 3 aromatic carbocycles. The summed E-state index contributed by atoms with van der Waals surface area (Å²) in [7, 11) is -2.27. The van der Waals surface area contributed by atoms with Crippen molar-refractivity contribution in [2.75, 3.05) is 11.8 Å². The highest BCUT2D eigenvalue weighted by Crippen LogP contribution is 2.26. The smallest absolute Gasteiger partial charge is 0.338 e. The standard InChI is InChI=1S/C24H23N3O5S/c1-15(2)32-24(28)16-7-9-18(10-8-16)27-33(29,30)20-11-12-21-22(14-20)26-23(25-21)17-5-4-6-19(13-17)31-3/h4-15,27H,1-3H3,(H,25,26). The molecular weight excluding hydrogens is 442 g/mol. The summed E-state index contributed by atoms with van der Waals surface area (Å²) >= 11 is 0. The lowest BCUT2D eigenvalue weighted by Gasteiger charge is -2.10. The third-order valence-corrected chi connectivity index (χ3v) is 6.20. The molecule has 170 valence electrons. The minimum atomic E-state index is -3.86. The lowest BCUT2D eigenvalue weighted by Crippen LogP contribution is -2.14. The summed E-state index contributed by atoms with van der Waals surface area (Å²) in [6.45, 7) is 3.52. The van der Waals surface area contributed by atoms with Gasteiger partial charge < -0.3 is 14.5 Å². The molecule has 4 aromatic rings. The van der Waals surface area contributed by atoms with Crippen molar-refractivity contribution in [3.05, 3.63) is 72.3 Å². The number of anilines is 1. The predicted octanol–water partition coefficient (Wildman–Crippen LogP) is 4.60. The number of methoxy groups -OCH3 is 1. The lowest BCUT2D eigenvalue weighted by atomic mass is 10.2. The topological polar surface area (TPSA) is 110 Å². The lowest BCUT2D eigenvalue weighted by molar-refractivity contribution is 0.0378. The first-order valence-corrected chi connectivity index (χ1v) is 11.7. The molecule has 0 radical (unpaired) electrons. The van der Waals surface area contributed by atoms with Crippen LogP contribution in [0.2, 0.25) is 0 Å². The van der Waals surface area contributed by atoms with E-state index in [-0.39, 0.29) is 11.0 Å². The van der Waals surface area contributed by atoms with Crippen LogP contribution in [0.15, 0.2) is 71.6 Å². The van der Waals surface area contributed by atoms with Crippen molar-refractivity contribution in [2.24, 2.45) is 0 Å². The molecule has 0 spiro atoms. The van der Waals surface area contributed by atoms with Crippen LogP contribution >= 0.6 is 0 Å². The Morgan fingerprint density at radius 1 is 1.03 bits per heavy atom. The molecule has 0 aliphatic rings. The van der Waals surface area contributed by atoms with E-state index in [1.54, 1.807) is 27.0 Å². The third kappa shape index (κ3) is 4.98. The molecular formula is C24H23N3O5S. The van der Waals surface area contributed by atoms with Crippen molar-refractivity contribution in [1.29, 1.82) is 0 Å². The largest absolute Gasteiger partial charge is 0.497 e. The zero-order valence-electron chi connectivity index (χ0n) is 18.3. The number of aromatic amines is 1. The van der Waals surface area contributed by atoms with Crippen LogP contribution in [0.4, 0.5) is 5.69 Å². The first-order valence-electron chi connectivity index (χ1n) is 10.2. The maximum Gasteiger partial charge on any atom is 0.338 e. The number of imidazole rings is 1. The molecule has 0 fully saturated rings. The van der Waals surface area contributed by atoms with Gasteiger partial charge in [0.15, 0.2) is 0 Å². The van der Waals surface area contributed by atoms with Crippen LogP contribution in [0.25, 0.3) is 22.4 Å². The van der Waals surface area contributed by atoms with E-state index in [0.29, 0.717) is 33.9 Å². The number of fused-ring (bicyclic) bond motifs is 1. The number of aromatic nitrogens is 2. The number of nitrogens with zero attached hydrogens (tertiary/aromatic N) is 1. The Kier molecular flexibility index (Phi) is 6.06. The summed E-state index contributed by atoms with van der Waals surface area (Å²) in [6, 6.07) is 18.2. The fourth-order valence-corrected chi connectivity index (χ4v) is 4.32. The quantitative estimate of drug-likeness (QED) is 0.386. The van der Waals surface area contributed by atoms with E-state index >= 15 is 0 Å². The molecule has 0 bridgehead atoms. The summed E-state index contributed by atoms with van der Waals surface area (Å²) in [5.41, 5.74) is 2.72. The van der Waals surface area contributed by atoms with Gasteiger partial charge >= 0.3 is 5.97 Å². The number of carbonyl (C=O) groups excluding carboxylic acids is 1. The van der Waals surface area contributed by atoms with Crippen molar-refractivity contribution in [3.8, 4) is 17.1 Å². The van der Waals surface area contributed by atoms with Gasteiger partial charge in [0.2, 0.25) is 0 Å². The van der Waals surface area contributed by atoms with Crippen LogP contribution in [0.1, 0.15) is 24.2 Å². The molecule has 8 nitrogen and oxygen atoms in total. The molecule has 0 aliphatic carbocycles. The number of esters is 1. The Labute approximate surface area is 191 Å². The van der Waals surface area contributed by atoms with Crippen LogP contribution in [-0.2, 0) is 14.8 Å². The van der Waals surface area contributed by atoms with Gasteiger partial charge in [-0.15, -0.1) is 0 Å². The van der Waals surface area contributed by atoms with E-state index in [9.17, 15) is 13.2 Å². The number of hydrogen-bond donors (Lipinski definition) is 2. The Balaban J connectivity index is 1.57. The zero-order valence-corrected chi connectivity index (χ0v) is 19.1. The van der Waals surface area contributed by atoms with Crippen LogP contribution in [-0.4, -0.2) is 37.6 Å². The Hall–Kier alpha value is -3.85. The van der Waals surface area contributed by atoms with Gasteiger partial charge in [-0.25, -0.2) is 18.2 Å². The van der Waals surface area contributed by atoms with Crippen LogP contribution in [0.3, 0.4) is 0 Å². The van der Waals surface area contributed by atoms with Gasteiger partial charge in [0, 0.05) is 11.3 Å². The molecule has 33 heavy (non-hydrogen) atoms. The van der Waals surface area contributed by atoms with Crippen molar-refractivity contribution in [2.45, 2.75) is 24.8 Å². The number of hydrogen-bond acceptors (Lipinski definition) is 6. The maximum absolute atomic E-state index is 12.9. The van der Waals surface area contributed by atoms with Gasteiger partial charge in [0.05, 0.1) is 34.7 Å². The van der Waals surface area contributed by atoms with Crippen molar-refractivity contribution >= 4 is 32.7 Å². The summed E-state index contributed by atoms with van der Waals surface area (Å²) in [6.07, 6.45) is -0.238. The Morgan fingerprint density at radius 2 is 1.79 bits per heavy atom. The zero-order chi connectivity index (χ0) is 23.6. The van der Waals surface area contributed by atoms with E-state index in [1.165, 1.54) is 36.4 Å². The summed E-state index contributed by atoms with van der Waals surface area (Å²) in [4.78, 5) is 19.7. The van der Waals surface area contributed by atoms with E-state index < -0.39 is 16.0 Å². The molecule has 9 heteroatoms. The third-order valence-electron chi connectivity index (χ3n) is 4.82. The highest BCUT2D eigenvalue weighted by Gasteiger charge is 2.17. The SMILES string of the molecule is COc1cccc(-c2nc3ccc(S(=O)(=O)Nc4ccc(C(=O)OC(C)C)cc4)cc3[nH]2)c1. The number of benzene rings is 3. The number of carbonyl (C=O) groups is 1. The highest BCUT2D eigenvalue weighted by molar-refractivity contribution is 7.92. The molecule has 0 saturated heterocycles. The van der Waals surface area contributed by atoms with Gasteiger partial charge in [-0.3, -0.25) is 4.72 Å². The number of ether oxygens (including phenoxy) is 2. The van der Waals surface area contributed by atoms with E-state index in [0.717, 1.165) is 5.56 Å². The van der Waals surface area contributed by atoms with Gasteiger partial charge in [0.25, 0.3) is 10.0 Å². The first kappa shape index (κ1) is 22.3. The van der Waals surface area contributed by atoms with E-state index in [4.69, 9.17) is 9.47 Å². The summed E-state index contributed by atoms with van der Waals surface area (Å²) in [5.74, 6) is 0.843. The summed E-state index contributed by atoms with van der Waals surface area (Å²) in [5, 5.41) is 0. The van der Waals surface area contributed by atoms with E-state index in [1.807, 2.05) is 24.3 Å². The molecule has 2 N–H and O–H groups in total. The van der Waals surface area contributed by atoms with Crippen LogP contribution in [0, 0.1) is 0 Å². The first-order chi connectivity index (χ1) is 15.7. The van der Waals surface area contributed by atoms with Gasteiger partial charge in [-0.2, -0.15) is 0 Å². The van der Waals surface area contributed by atoms with Crippen molar-refractivity contribution < 1.29 is 22.7 Å². The molecule has 1 aromatic heterocycles. The number of nitrogens with one attached hydrogen (secondary N) is 2. The maximum atomic E-state index is 12.9. The monoisotopic (exact) mass is 465 g/mol. The molecule has 0 atom stereocenters. The molecule has 0 aliphatic heterocycles. The van der Waals surface area contributed by atoms with Gasteiger partial charge in [-0.1, -0.05) is 12.1 Å². The summed E-state index contributed by atoms with van der Waals surface area (Å²) < 4.78 is 38.8. The molecule has 0 saturated carbocycles. The number of rotatable bonds is 7. The van der Waals surface area contributed by atoms with Crippen molar-refractivity contribution in [3.63, 3.8) is 0 Å². The predicted molar refractivity (Wildman–Crippen MR) is 126 cm³/mol. The second kappa shape index (κ2) is 8.95. The minimum Gasteiger partial charge on any atom is -0.497 e. The highest BCUT2D eigenvalue weighted by atomic mass is 32.2. The molecule has 0 unspecified atom stereocenters. The van der Waals surface area contributed by atoms with Crippen molar-refractivity contribution in [1.82, 2.24) is 9.97 Å². The second-order valence-corrected chi connectivity index (χ2v) is 9.32. The average Bonchev–Trinajstić information content (AvgIpc) is 3.22. The van der Waals surface area contributed by atoms with E-state index in [2.05, 4.69) is 14.7 Å². The van der Waals surface area contributed by atoms with Gasteiger partial charge in [-0.05, 0) is 68.4 Å². The van der Waals surface area contributed by atoms with Crippen LogP contribution in [0.5, 0.6) is 5.75 Å². The normalized spacial score (nSPS) is 11.5.